The van der Waals surface area contributed by atoms with E-state index in [1.54, 1.807) is 42.5 Å². The molecule has 2 aromatic carbocycles. The first-order valence-electron chi connectivity index (χ1n) is 8.92. The molecule has 2 heterocycles. The quantitative estimate of drug-likeness (QED) is 0.340. The van der Waals surface area contributed by atoms with Gasteiger partial charge in [-0.25, -0.2) is 4.79 Å². The van der Waals surface area contributed by atoms with Crippen LogP contribution in [0.2, 0.25) is 5.02 Å². The van der Waals surface area contributed by atoms with Gasteiger partial charge >= 0.3 is 5.63 Å². The Balaban J connectivity index is 1.44. The number of aryl methyl sites for hydroxylation is 1. The minimum absolute atomic E-state index is 0.105. The van der Waals surface area contributed by atoms with Crippen molar-refractivity contribution in [2.75, 3.05) is 5.32 Å². The molecule has 0 aliphatic heterocycles. The van der Waals surface area contributed by atoms with Crippen molar-refractivity contribution in [3.05, 3.63) is 87.4 Å². The van der Waals surface area contributed by atoms with Gasteiger partial charge < -0.3 is 14.2 Å². The number of benzene rings is 2. The molecule has 4 rings (SSSR count). The number of furan rings is 1. The number of halogens is 1. The molecule has 2 aromatic heterocycles. The van der Waals surface area contributed by atoms with E-state index < -0.39 is 11.5 Å². The molecule has 0 bridgehead atoms. The van der Waals surface area contributed by atoms with E-state index in [0.717, 1.165) is 16.5 Å². The van der Waals surface area contributed by atoms with Crippen LogP contribution in [0.4, 0.5) is 5.69 Å². The van der Waals surface area contributed by atoms with Crippen LogP contribution in [0.1, 0.15) is 16.1 Å². The molecule has 0 unspecified atom stereocenters. The zero-order chi connectivity index (χ0) is 21.3. The van der Waals surface area contributed by atoms with E-state index in [1.165, 1.54) is 6.07 Å². The van der Waals surface area contributed by atoms with Gasteiger partial charge in [-0.3, -0.25) is 10.1 Å². The molecule has 0 aliphatic carbocycles. The smallest absolute Gasteiger partial charge is 0.336 e. The van der Waals surface area contributed by atoms with Crippen molar-refractivity contribution in [3.63, 3.8) is 0 Å². The number of rotatable bonds is 3. The van der Waals surface area contributed by atoms with Crippen LogP contribution in [0.25, 0.3) is 22.3 Å². The lowest BCUT2D eigenvalue weighted by molar-refractivity contribution is 0.0951. The van der Waals surface area contributed by atoms with Crippen molar-refractivity contribution in [3.8, 4) is 11.3 Å². The third kappa shape index (κ3) is 4.27. The Kier molecular flexibility index (Phi) is 5.39. The minimum atomic E-state index is -0.483. The summed E-state index contributed by atoms with van der Waals surface area (Å²) in [6, 6.07) is 16.9. The Hall–Kier alpha value is -3.42. The SMILES string of the molecule is Cc1ccc(-c2ccc(C(=O)NC(=S)Nc3ccc4oc(=O)ccc4c3)o2)cc1Cl. The standard InChI is InChI=1S/C22H15ClN2O4S/c1-12-2-3-14(11-16(12)23)17-7-8-19(28-17)21(27)25-22(30)24-15-5-6-18-13(10-15)4-9-20(26)29-18/h2-11H,1H3,(H2,24,25,27,30). The van der Waals surface area contributed by atoms with Gasteiger partial charge in [0.2, 0.25) is 0 Å². The number of anilines is 1. The highest BCUT2D eigenvalue weighted by Crippen LogP contribution is 2.27. The summed E-state index contributed by atoms with van der Waals surface area (Å²) >= 11 is 11.4. The second kappa shape index (κ2) is 8.14. The Morgan fingerprint density at radius 1 is 1.00 bits per heavy atom. The van der Waals surface area contributed by atoms with Gasteiger partial charge in [-0.2, -0.15) is 0 Å². The van der Waals surface area contributed by atoms with Crippen LogP contribution >= 0.6 is 23.8 Å². The van der Waals surface area contributed by atoms with E-state index in [9.17, 15) is 9.59 Å². The zero-order valence-electron chi connectivity index (χ0n) is 15.7. The summed E-state index contributed by atoms with van der Waals surface area (Å²) in [4.78, 5) is 23.7. The van der Waals surface area contributed by atoms with Crippen molar-refractivity contribution in [1.29, 1.82) is 0 Å². The van der Waals surface area contributed by atoms with Gasteiger partial charge in [0.1, 0.15) is 11.3 Å². The van der Waals surface area contributed by atoms with E-state index in [0.29, 0.717) is 22.1 Å². The first kappa shape index (κ1) is 19.9. The van der Waals surface area contributed by atoms with Gasteiger partial charge in [0.25, 0.3) is 5.91 Å². The average molecular weight is 439 g/mol. The fourth-order valence-electron chi connectivity index (χ4n) is 2.84. The molecule has 0 spiro atoms. The average Bonchev–Trinajstić information content (AvgIpc) is 3.20. The number of carbonyl (C=O) groups is 1. The lowest BCUT2D eigenvalue weighted by atomic mass is 10.1. The molecule has 150 valence electrons. The molecular formula is C22H15ClN2O4S. The highest BCUT2D eigenvalue weighted by molar-refractivity contribution is 7.80. The summed E-state index contributed by atoms with van der Waals surface area (Å²) in [6.07, 6.45) is 0. The number of amides is 1. The van der Waals surface area contributed by atoms with Crippen LogP contribution in [0, 0.1) is 6.92 Å². The molecule has 30 heavy (non-hydrogen) atoms. The number of thiocarbonyl (C=S) groups is 1. The van der Waals surface area contributed by atoms with E-state index in [2.05, 4.69) is 10.6 Å². The minimum Gasteiger partial charge on any atom is -0.451 e. The third-order valence-electron chi connectivity index (χ3n) is 4.39. The van der Waals surface area contributed by atoms with E-state index in [4.69, 9.17) is 32.7 Å². The van der Waals surface area contributed by atoms with Crippen molar-refractivity contribution < 1.29 is 13.6 Å². The lowest BCUT2D eigenvalue weighted by Gasteiger charge is -2.09. The highest BCUT2D eigenvalue weighted by Gasteiger charge is 2.14. The molecule has 1 amide bonds. The van der Waals surface area contributed by atoms with Crippen LogP contribution in [-0.2, 0) is 0 Å². The number of nitrogens with one attached hydrogen (secondary N) is 2. The van der Waals surface area contributed by atoms with Gasteiger partial charge in [0, 0.05) is 27.7 Å². The molecular weight excluding hydrogens is 424 g/mol. The van der Waals surface area contributed by atoms with Crippen LogP contribution < -0.4 is 16.3 Å². The number of hydrogen-bond acceptors (Lipinski definition) is 5. The van der Waals surface area contributed by atoms with Crippen molar-refractivity contribution in [2.24, 2.45) is 0 Å². The van der Waals surface area contributed by atoms with Gasteiger partial charge in [0.05, 0.1) is 0 Å². The van der Waals surface area contributed by atoms with E-state index in [1.807, 2.05) is 19.1 Å². The van der Waals surface area contributed by atoms with Crippen molar-refractivity contribution >= 4 is 51.5 Å². The summed E-state index contributed by atoms with van der Waals surface area (Å²) in [5.74, 6) is 0.159. The van der Waals surface area contributed by atoms with Gasteiger partial charge in [-0.1, -0.05) is 23.7 Å². The Morgan fingerprint density at radius 2 is 1.83 bits per heavy atom. The van der Waals surface area contributed by atoms with Crippen LogP contribution in [-0.4, -0.2) is 11.0 Å². The normalized spacial score (nSPS) is 10.7. The molecule has 0 saturated carbocycles. The maximum Gasteiger partial charge on any atom is 0.336 e. The van der Waals surface area contributed by atoms with Crippen LogP contribution in [0.3, 0.4) is 0 Å². The summed E-state index contributed by atoms with van der Waals surface area (Å²) in [7, 11) is 0. The van der Waals surface area contributed by atoms with E-state index in [-0.39, 0.29) is 10.9 Å². The van der Waals surface area contributed by atoms with Gasteiger partial charge in [-0.15, -0.1) is 0 Å². The maximum absolute atomic E-state index is 12.5. The topological polar surface area (TPSA) is 84.5 Å². The van der Waals surface area contributed by atoms with Crippen LogP contribution in [0.5, 0.6) is 0 Å². The van der Waals surface area contributed by atoms with Gasteiger partial charge in [0.15, 0.2) is 10.9 Å². The van der Waals surface area contributed by atoms with Crippen molar-refractivity contribution in [1.82, 2.24) is 5.32 Å². The molecule has 0 aliphatic rings. The molecule has 0 fully saturated rings. The highest BCUT2D eigenvalue weighted by atomic mass is 35.5. The summed E-state index contributed by atoms with van der Waals surface area (Å²) < 4.78 is 10.7. The number of hydrogen-bond donors (Lipinski definition) is 2. The fourth-order valence-corrected chi connectivity index (χ4v) is 3.23. The largest absolute Gasteiger partial charge is 0.451 e. The van der Waals surface area contributed by atoms with Crippen molar-refractivity contribution in [2.45, 2.75) is 6.92 Å². The molecule has 0 atom stereocenters. The third-order valence-corrected chi connectivity index (χ3v) is 5.00. The maximum atomic E-state index is 12.5. The summed E-state index contributed by atoms with van der Waals surface area (Å²) in [5, 5.41) is 6.95. The predicted molar refractivity (Wildman–Crippen MR) is 120 cm³/mol. The lowest BCUT2D eigenvalue weighted by Crippen LogP contribution is -2.33. The summed E-state index contributed by atoms with van der Waals surface area (Å²) in [5.41, 5.74) is 2.40. The molecule has 0 radical (unpaired) electrons. The second-order valence-corrected chi connectivity index (χ2v) is 7.36. The predicted octanol–water partition coefficient (Wildman–Crippen LogP) is 5.14. The molecule has 0 saturated heterocycles. The first-order chi connectivity index (χ1) is 14.4. The molecule has 6 nitrogen and oxygen atoms in total. The number of carbonyl (C=O) groups excluding carboxylic acids is 1. The number of fused-ring (bicyclic) bond motifs is 1. The summed E-state index contributed by atoms with van der Waals surface area (Å²) in [6.45, 7) is 1.91. The molecule has 2 N–H and O–H groups in total. The molecule has 8 heteroatoms. The Labute approximate surface area is 181 Å². The molecule has 4 aromatic rings. The zero-order valence-corrected chi connectivity index (χ0v) is 17.3. The fraction of sp³-hybridized carbons (Fsp3) is 0.0455. The van der Waals surface area contributed by atoms with Crippen LogP contribution in [0.15, 0.2) is 74.3 Å². The Bertz CT molecular complexity index is 1340. The van der Waals surface area contributed by atoms with E-state index >= 15 is 0 Å². The first-order valence-corrected chi connectivity index (χ1v) is 9.70. The monoisotopic (exact) mass is 438 g/mol. The second-order valence-electron chi connectivity index (χ2n) is 6.54. The Morgan fingerprint density at radius 3 is 2.63 bits per heavy atom. The van der Waals surface area contributed by atoms with Gasteiger partial charge in [-0.05, 0) is 67.2 Å².